The lowest BCUT2D eigenvalue weighted by Gasteiger charge is -2.02. The number of nitrogens with one attached hydrogen (secondary N) is 1. The summed E-state index contributed by atoms with van der Waals surface area (Å²) in [5, 5.41) is 16.1. The van der Waals surface area contributed by atoms with Crippen molar-refractivity contribution < 1.29 is 5.11 Å². The monoisotopic (exact) mass is 209 g/mol. The lowest BCUT2D eigenvalue weighted by atomic mass is 10.1. The van der Waals surface area contributed by atoms with Crippen molar-refractivity contribution in [1.29, 1.82) is 0 Å². The van der Waals surface area contributed by atoms with Crippen molar-refractivity contribution in [2.45, 2.75) is 0 Å². The number of hydrogen-bond acceptors (Lipinski definition) is 3. The Labute approximate surface area is 85.3 Å². The van der Waals surface area contributed by atoms with Crippen LogP contribution in [0.4, 0.5) is 5.69 Å². The van der Waals surface area contributed by atoms with E-state index < -0.39 is 0 Å². The Morgan fingerprint density at radius 1 is 1.43 bits per heavy atom. The largest absolute Gasteiger partial charge is 0.508 e. The van der Waals surface area contributed by atoms with Crippen LogP contribution in [0.1, 0.15) is 0 Å². The summed E-state index contributed by atoms with van der Waals surface area (Å²) in [6, 6.07) is 4.68. The van der Waals surface area contributed by atoms with Crippen LogP contribution in [0.5, 0.6) is 5.75 Å². The van der Waals surface area contributed by atoms with Gasteiger partial charge in [0, 0.05) is 5.56 Å². The van der Waals surface area contributed by atoms with E-state index in [9.17, 15) is 0 Å². The summed E-state index contributed by atoms with van der Waals surface area (Å²) in [6.45, 7) is 0. The highest BCUT2D eigenvalue weighted by atomic mass is 35.5. The molecule has 1 aromatic heterocycles. The van der Waals surface area contributed by atoms with Crippen LogP contribution in [-0.4, -0.2) is 15.3 Å². The van der Waals surface area contributed by atoms with Gasteiger partial charge in [0.25, 0.3) is 0 Å². The number of rotatable bonds is 1. The van der Waals surface area contributed by atoms with E-state index in [0.717, 1.165) is 5.56 Å². The molecule has 0 saturated carbocycles. The fourth-order valence-electron chi connectivity index (χ4n) is 1.22. The van der Waals surface area contributed by atoms with E-state index in [1.54, 1.807) is 12.1 Å². The van der Waals surface area contributed by atoms with Crippen molar-refractivity contribution in [3.05, 3.63) is 29.4 Å². The first-order valence-corrected chi connectivity index (χ1v) is 4.34. The number of nitrogen functional groups attached to an aromatic ring is 1. The highest BCUT2D eigenvalue weighted by molar-refractivity contribution is 6.33. The first-order valence-electron chi connectivity index (χ1n) is 3.96. The molecule has 1 heterocycles. The Morgan fingerprint density at radius 3 is 2.79 bits per heavy atom. The highest BCUT2D eigenvalue weighted by Gasteiger charge is 2.08. The second kappa shape index (κ2) is 3.23. The van der Waals surface area contributed by atoms with E-state index in [4.69, 9.17) is 22.4 Å². The van der Waals surface area contributed by atoms with Gasteiger partial charge in [0.05, 0.1) is 22.6 Å². The Morgan fingerprint density at radius 2 is 2.21 bits per heavy atom. The minimum absolute atomic E-state index is 0.122. The van der Waals surface area contributed by atoms with E-state index in [0.29, 0.717) is 16.4 Å². The first kappa shape index (κ1) is 8.90. The quantitative estimate of drug-likeness (QED) is 0.673. The molecule has 2 rings (SSSR count). The van der Waals surface area contributed by atoms with Crippen molar-refractivity contribution in [1.82, 2.24) is 10.2 Å². The summed E-state index contributed by atoms with van der Waals surface area (Å²) >= 11 is 5.93. The molecule has 0 aliphatic rings. The smallest absolute Gasteiger partial charge is 0.117 e. The Balaban J connectivity index is 2.58. The highest BCUT2D eigenvalue weighted by Crippen LogP contribution is 2.32. The van der Waals surface area contributed by atoms with Gasteiger partial charge in [-0.2, -0.15) is 5.10 Å². The zero-order valence-corrected chi connectivity index (χ0v) is 7.92. The Kier molecular flexibility index (Phi) is 2.05. The average molecular weight is 210 g/mol. The molecule has 0 radical (unpaired) electrons. The van der Waals surface area contributed by atoms with Crippen LogP contribution in [0.2, 0.25) is 5.02 Å². The number of benzene rings is 1. The fourth-order valence-corrected chi connectivity index (χ4v) is 1.49. The minimum Gasteiger partial charge on any atom is -0.508 e. The summed E-state index contributed by atoms with van der Waals surface area (Å²) in [5.74, 6) is 0.122. The van der Waals surface area contributed by atoms with Gasteiger partial charge in [0.15, 0.2) is 0 Å². The third-order valence-corrected chi connectivity index (χ3v) is 2.20. The fraction of sp³-hybridized carbons (Fsp3) is 0. The summed E-state index contributed by atoms with van der Waals surface area (Å²) < 4.78 is 0. The maximum Gasteiger partial charge on any atom is 0.117 e. The molecule has 0 amide bonds. The first-order chi connectivity index (χ1) is 6.68. The normalized spacial score (nSPS) is 10.4. The number of halogens is 1. The molecule has 0 aliphatic carbocycles. The lowest BCUT2D eigenvalue weighted by molar-refractivity contribution is 0.475. The number of nitrogens with two attached hydrogens (primary N) is 1. The number of aromatic amines is 1. The van der Waals surface area contributed by atoms with Gasteiger partial charge in [-0.1, -0.05) is 11.6 Å². The van der Waals surface area contributed by atoms with Crippen LogP contribution in [0.15, 0.2) is 24.4 Å². The number of hydrogen-bond donors (Lipinski definition) is 3. The van der Waals surface area contributed by atoms with Gasteiger partial charge >= 0.3 is 0 Å². The van der Waals surface area contributed by atoms with Crippen LogP contribution in [0, 0.1) is 0 Å². The van der Waals surface area contributed by atoms with E-state index in [1.807, 2.05) is 0 Å². The topological polar surface area (TPSA) is 74.9 Å². The number of aromatic nitrogens is 2. The predicted octanol–water partition coefficient (Wildman–Crippen LogP) is 2.02. The van der Waals surface area contributed by atoms with Gasteiger partial charge in [-0.15, -0.1) is 0 Å². The van der Waals surface area contributed by atoms with Crippen molar-refractivity contribution in [3.63, 3.8) is 0 Å². The van der Waals surface area contributed by atoms with Crippen LogP contribution >= 0.6 is 11.6 Å². The number of H-pyrrole nitrogens is 1. The molecule has 0 atom stereocenters. The molecular formula is C9H8ClN3O. The van der Waals surface area contributed by atoms with E-state index >= 15 is 0 Å². The maximum absolute atomic E-state index is 9.16. The van der Waals surface area contributed by atoms with Crippen LogP contribution in [0.25, 0.3) is 11.3 Å². The van der Waals surface area contributed by atoms with Crippen molar-refractivity contribution in [3.8, 4) is 17.0 Å². The second-order valence-corrected chi connectivity index (χ2v) is 3.27. The SMILES string of the molecule is Nc1cn[nH]c1-c1ccc(O)cc1Cl. The minimum atomic E-state index is 0.122. The molecular weight excluding hydrogens is 202 g/mol. The average Bonchev–Trinajstić information content (AvgIpc) is 2.52. The Hall–Kier alpha value is -1.68. The number of anilines is 1. The summed E-state index contributed by atoms with van der Waals surface area (Å²) in [4.78, 5) is 0. The number of phenolic OH excluding ortho intramolecular Hbond substituents is 1. The maximum atomic E-state index is 9.16. The van der Waals surface area contributed by atoms with Crippen molar-refractivity contribution in [2.75, 3.05) is 5.73 Å². The summed E-state index contributed by atoms with van der Waals surface area (Å²) in [6.07, 6.45) is 1.51. The zero-order valence-electron chi connectivity index (χ0n) is 7.16. The number of nitrogens with zero attached hydrogens (tertiary/aromatic N) is 1. The third-order valence-electron chi connectivity index (χ3n) is 1.89. The zero-order chi connectivity index (χ0) is 10.1. The van der Waals surface area contributed by atoms with Gasteiger partial charge in [-0.25, -0.2) is 0 Å². The third kappa shape index (κ3) is 1.40. The molecule has 1 aromatic carbocycles. The van der Waals surface area contributed by atoms with Gasteiger partial charge in [0.1, 0.15) is 5.75 Å². The van der Waals surface area contributed by atoms with E-state index in [-0.39, 0.29) is 5.75 Å². The van der Waals surface area contributed by atoms with Crippen molar-refractivity contribution in [2.24, 2.45) is 0 Å². The molecule has 0 spiro atoms. The van der Waals surface area contributed by atoms with Crippen LogP contribution in [-0.2, 0) is 0 Å². The van der Waals surface area contributed by atoms with Gasteiger partial charge in [0.2, 0.25) is 0 Å². The van der Waals surface area contributed by atoms with Gasteiger partial charge in [-0.05, 0) is 18.2 Å². The summed E-state index contributed by atoms with van der Waals surface area (Å²) in [7, 11) is 0. The molecule has 0 aliphatic heterocycles. The molecule has 0 fully saturated rings. The molecule has 72 valence electrons. The molecule has 4 N–H and O–H groups in total. The number of aromatic hydroxyl groups is 1. The summed E-state index contributed by atoms with van der Waals surface area (Å²) in [5.41, 5.74) is 7.57. The molecule has 0 unspecified atom stereocenters. The van der Waals surface area contributed by atoms with E-state index in [2.05, 4.69) is 10.2 Å². The predicted molar refractivity (Wildman–Crippen MR) is 55.1 cm³/mol. The molecule has 2 aromatic rings. The standard InChI is InChI=1S/C9H8ClN3O/c10-7-3-5(14)1-2-6(7)9-8(11)4-12-13-9/h1-4,14H,11H2,(H,12,13). The molecule has 0 bridgehead atoms. The lowest BCUT2D eigenvalue weighted by Crippen LogP contribution is -1.87. The number of phenols is 1. The van der Waals surface area contributed by atoms with E-state index in [1.165, 1.54) is 12.3 Å². The van der Waals surface area contributed by atoms with Crippen LogP contribution < -0.4 is 5.73 Å². The molecule has 5 heteroatoms. The molecule has 14 heavy (non-hydrogen) atoms. The van der Waals surface area contributed by atoms with Crippen LogP contribution in [0.3, 0.4) is 0 Å². The van der Waals surface area contributed by atoms with Crippen molar-refractivity contribution >= 4 is 17.3 Å². The molecule has 4 nitrogen and oxygen atoms in total. The van der Waals surface area contributed by atoms with Gasteiger partial charge in [-0.3, -0.25) is 5.10 Å². The Bertz CT molecular complexity index is 467. The second-order valence-electron chi connectivity index (χ2n) is 2.86. The molecule has 0 saturated heterocycles. The van der Waals surface area contributed by atoms with Gasteiger partial charge < -0.3 is 10.8 Å².